The SMILES string of the molecule is Cc1ccc(CCC2=NN(C(=O)c3cccc(F)c3)CC2)cc1C. The van der Waals surface area contributed by atoms with Crippen molar-refractivity contribution >= 4 is 11.6 Å². The van der Waals surface area contributed by atoms with E-state index in [0.717, 1.165) is 25.0 Å². The lowest BCUT2D eigenvalue weighted by molar-refractivity contribution is 0.0777. The molecule has 0 saturated carbocycles. The van der Waals surface area contributed by atoms with Gasteiger partial charge >= 0.3 is 0 Å². The molecule has 1 aliphatic heterocycles. The van der Waals surface area contributed by atoms with Crippen molar-refractivity contribution in [1.29, 1.82) is 0 Å². The van der Waals surface area contributed by atoms with Gasteiger partial charge in [-0.2, -0.15) is 5.10 Å². The minimum Gasteiger partial charge on any atom is -0.267 e. The molecule has 0 aliphatic carbocycles. The molecule has 0 spiro atoms. The molecular weight excluding hydrogens is 303 g/mol. The summed E-state index contributed by atoms with van der Waals surface area (Å²) in [6.45, 7) is 4.79. The molecule has 124 valence electrons. The van der Waals surface area contributed by atoms with Gasteiger partial charge in [-0.15, -0.1) is 0 Å². The van der Waals surface area contributed by atoms with E-state index in [1.807, 2.05) is 0 Å². The Morgan fingerprint density at radius 3 is 2.71 bits per heavy atom. The van der Waals surface area contributed by atoms with E-state index in [1.54, 1.807) is 12.1 Å². The minimum absolute atomic E-state index is 0.240. The van der Waals surface area contributed by atoms with Crippen molar-refractivity contribution in [2.45, 2.75) is 33.1 Å². The molecule has 3 nitrogen and oxygen atoms in total. The Bertz CT molecular complexity index is 798. The topological polar surface area (TPSA) is 32.7 Å². The smallest absolute Gasteiger partial charge is 0.267 e. The minimum atomic E-state index is -0.404. The van der Waals surface area contributed by atoms with Gasteiger partial charge in [0.25, 0.3) is 5.91 Å². The third kappa shape index (κ3) is 3.70. The fourth-order valence-corrected chi connectivity index (χ4v) is 2.85. The van der Waals surface area contributed by atoms with Crippen LogP contribution in [0.15, 0.2) is 47.6 Å². The zero-order valence-corrected chi connectivity index (χ0v) is 14.1. The quantitative estimate of drug-likeness (QED) is 0.826. The highest BCUT2D eigenvalue weighted by Crippen LogP contribution is 2.17. The number of aryl methyl sites for hydroxylation is 3. The number of nitrogens with zero attached hydrogens (tertiary/aromatic N) is 2. The lowest BCUT2D eigenvalue weighted by atomic mass is 10.0. The van der Waals surface area contributed by atoms with Crippen LogP contribution in [0.25, 0.3) is 0 Å². The number of hydrazone groups is 1. The summed E-state index contributed by atoms with van der Waals surface area (Å²) < 4.78 is 13.3. The van der Waals surface area contributed by atoms with Gasteiger partial charge in [-0.05, 0) is 61.6 Å². The predicted molar refractivity (Wildman–Crippen MR) is 93.7 cm³/mol. The van der Waals surface area contributed by atoms with Gasteiger partial charge in [0.1, 0.15) is 5.82 Å². The molecule has 0 atom stereocenters. The Morgan fingerprint density at radius 1 is 1.12 bits per heavy atom. The molecule has 0 aromatic heterocycles. The van der Waals surface area contributed by atoms with Crippen molar-refractivity contribution in [1.82, 2.24) is 5.01 Å². The average Bonchev–Trinajstić information content (AvgIpc) is 3.04. The second-order valence-electron chi connectivity index (χ2n) is 6.27. The number of benzene rings is 2. The largest absolute Gasteiger partial charge is 0.274 e. The van der Waals surface area contributed by atoms with Crippen LogP contribution in [0.3, 0.4) is 0 Å². The fourth-order valence-electron chi connectivity index (χ4n) is 2.85. The predicted octanol–water partition coefficient (Wildman–Crippen LogP) is 4.28. The van der Waals surface area contributed by atoms with Crippen LogP contribution >= 0.6 is 0 Å². The number of amides is 1. The summed E-state index contributed by atoms with van der Waals surface area (Å²) in [5, 5.41) is 5.88. The first kappa shape index (κ1) is 16.4. The normalized spacial score (nSPS) is 14.0. The Hall–Kier alpha value is -2.49. The highest BCUT2D eigenvalue weighted by Gasteiger charge is 2.21. The van der Waals surface area contributed by atoms with Gasteiger partial charge in [0, 0.05) is 17.7 Å². The van der Waals surface area contributed by atoms with E-state index in [4.69, 9.17) is 0 Å². The summed E-state index contributed by atoms with van der Waals surface area (Å²) in [4.78, 5) is 12.4. The maximum absolute atomic E-state index is 13.3. The van der Waals surface area contributed by atoms with Crippen LogP contribution in [-0.4, -0.2) is 23.2 Å². The average molecular weight is 324 g/mol. The molecule has 0 saturated heterocycles. The zero-order chi connectivity index (χ0) is 17.1. The standard InChI is InChI=1S/C20H21FN2O/c1-14-6-7-16(12-15(14)2)8-9-19-10-11-23(22-19)20(24)17-4-3-5-18(21)13-17/h3-7,12-13H,8-11H2,1-2H3. The summed E-state index contributed by atoms with van der Waals surface area (Å²) in [7, 11) is 0. The van der Waals surface area contributed by atoms with Crippen LogP contribution in [0, 0.1) is 19.7 Å². The first-order valence-corrected chi connectivity index (χ1v) is 8.23. The number of carbonyl (C=O) groups is 1. The van der Waals surface area contributed by atoms with Crippen molar-refractivity contribution < 1.29 is 9.18 Å². The monoisotopic (exact) mass is 324 g/mol. The highest BCUT2D eigenvalue weighted by molar-refractivity contribution is 5.97. The third-order valence-electron chi connectivity index (χ3n) is 4.45. The Morgan fingerprint density at radius 2 is 1.96 bits per heavy atom. The summed E-state index contributed by atoms with van der Waals surface area (Å²) >= 11 is 0. The first-order chi connectivity index (χ1) is 11.5. The number of hydrogen-bond acceptors (Lipinski definition) is 2. The van der Waals surface area contributed by atoms with Crippen molar-refractivity contribution in [3.63, 3.8) is 0 Å². The molecule has 0 fully saturated rings. The van der Waals surface area contributed by atoms with Gasteiger partial charge in [0.15, 0.2) is 0 Å². The number of carbonyl (C=O) groups excluding carboxylic acids is 1. The number of hydrogen-bond donors (Lipinski definition) is 0. The Kier molecular flexibility index (Phi) is 4.74. The van der Waals surface area contributed by atoms with Crippen LogP contribution in [0.2, 0.25) is 0 Å². The highest BCUT2D eigenvalue weighted by atomic mass is 19.1. The van der Waals surface area contributed by atoms with Gasteiger partial charge in [0.2, 0.25) is 0 Å². The van der Waals surface area contributed by atoms with Gasteiger partial charge in [-0.25, -0.2) is 9.40 Å². The second kappa shape index (κ2) is 6.95. The third-order valence-corrected chi connectivity index (χ3v) is 4.45. The molecule has 2 aromatic rings. The molecule has 4 heteroatoms. The van der Waals surface area contributed by atoms with Crippen LogP contribution in [-0.2, 0) is 6.42 Å². The maximum Gasteiger partial charge on any atom is 0.274 e. The first-order valence-electron chi connectivity index (χ1n) is 8.23. The second-order valence-corrected chi connectivity index (χ2v) is 6.27. The summed E-state index contributed by atoms with van der Waals surface area (Å²) in [6, 6.07) is 12.2. The zero-order valence-electron chi connectivity index (χ0n) is 14.1. The van der Waals surface area contributed by atoms with E-state index < -0.39 is 5.82 Å². The lowest BCUT2D eigenvalue weighted by Gasteiger charge is -2.11. The summed E-state index contributed by atoms with van der Waals surface area (Å²) in [5.74, 6) is -0.644. The van der Waals surface area contributed by atoms with E-state index >= 15 is 0 Å². The molecule has 0 unspecified atom stereocenters. The number of rotatable bonds is 4. The van der Waals surface area contributed by atoms with Crippen molar-refractivity contribution in [3.8, 4) is 0 Å². The van der Waals surface area contributed by atoms with Crippen LogP contribution in [0.1, 0.15) is 39.9 Å². The molecule has 3 rings (SSSR count). The molecule has 1 heterocycles. The van der Waals surface area contributed by atoms with E-state index in [0.29, 0.717) is 12.1 Å². The van der Waals surface area contributed by atoms with Crippen LogP contribution in [0.4, 0.5) is 4.39 Å². The van der Waals surface area contributed by atoms with Crippen LogP contribution < -0.4 is 0 Å². The lowest BCUT2D eigenvalue weighted by Crippen LogP contribution is -2.23. The van der Waals surface area contributed by atoms with E-state index in [1.165, 1.54) is 33.8 Å². The Labute approximate surface area is 141 Å². The summed E-state index contributed by atoms with van der Waals surface area (Å²) in [6.07, 6.45) is 2.54. The van der Waals surface area contributed by atoms with Gasteiger partial charge < -0.3 is 0 Å². The molecule has 0 radical (unpaired) electrons. The van der Waals surface area contributed by atoms with Gasteiger partial charge in [-0.1, -0.05) is 24.3 Å². The van der Waals surface area contributed by atoms with E-state index in [2.05, 4.69) is 37.1 Å². The Balaban J connectivity index is 1.63. The molecule has 1 aliphatic rings. The van der Waals surface area contributed by atoms with Crippen molar-refractivity contribution in [2.24, 2.45) is 5.10 Å². The number of halogens is 1. The van der Waals surface area contributed by atoms with Gasteiger partial charge in [0.05, 0.1) is 6.54 Å². The van der Waals surface area contributed by atoms with E-state index in [-0.39, 0.29) is 5.91 Å². The molecule has 24 heavy (non-hydrogen) atoms. The molecule has 0 N–H and O–H groups in total. The fraction of sp³-hybridized carbons (Fsp3) is 0.300. The molecule has 0 bridgehead atoms. The maximum atomic E-state index is 13.3. The van der Waals surface area contributed by atoms with Gasteiger partial charge in [-0.3, -0.25) is 4.79 Å². The molecular formula is C20H21FN2O. The molecule has 2 aromatic carbocycles. The van der Waals surface area contributed by atoms with Crippen LogP contribution in [0.5, 0.6) is 0 Å². The van der Waals surface area contributed by atoms with Crippen molar-refractivity contribution in [2.75, 3.05) is 6.54 Å². The van der Waals surface area contributed by atoms with Crippen molar-refractivity contribution in [3.05, 3.63) is 70.5 Å². The van der Waals surface area contributed by atoms with E-state index in [9.17, 15) is 9.18 Å². The summed E-state index contributed by atoms with van der Waals surface area (Å²) in [5.41, 5.74) is 5.25. The molecule has 1 amide bonds.